The van der Waals surface area contributed by atoms with E-state index < -0.39 is 13.4 Å². The van der Waals surface area contributed by atoms with Gasteiger partial charge in [0.2, 0.25) is 5.88 Å². The lowest BCUT2D eigenvalue weighted by molar-refractivity contribution is 0.0582. The number of aliphatic imine (C=N–C) groups is 1. The van der Waals surface area contributed by atoms with Crippen LogP contribution in [0.15, 0.2) is 35.6 Å². The van der Waals surface area contributed by atoms with Crippen molar-refractivity contribution in [2.45, 2.75) is 88.9 Å². The highest BCUT2D eigenvalue weighted by atomic mass is 31.2. The zero-order chi connectivity index (χ0) is 24.6. The molecule has 3 aliphatic rings. The summed E-state index contributed by atoms with van der Waals surface area (Å²) >= 11 is 0. The Morgan fingerprint density at radius 1 is 1.00 bits per heavy atom. The second kappa shape index (κ2) is 9.62. The summed E-state index contributed by atoms with van der Waals surface area (Å²) in [5.74, 6) is 1.06. The number of hydrogen-bond donors (Lipinski definition) is 2. The zero-order valence-electron chi connectivity index (χ0n) is 20.2. The van der Waals surface area contributed by atoms with E-state index in [1.54, 1.807) is 0 Å². The maximum Gasteiger partial charge on any atom is 0.472 e. The van der Waals surface area contributed by atoms with Crippen LogP contribution in [0.25, 0.3) is 0 Å². The lowest BCUT2D eigenvalue weighted by Crippen LogP contribution is -2.41. The Balaban J connectivity index is 1.22. The van der Waals surface area contributed by atoms with E-state index in [4.69, 9.17) is 24.5 Å². The fourth-order valence-electron chi connectivity index (χ4n) is 5.31. The monoisotopic (exact) mass is 500 g/mol. The third kappa shape index (κ3) is 5.43. The molecule has 1 aliphatic heterocycles. The first-order valence-electron chi connectivity index (χ1n) is 12.4. The Morgan fingerprint density at radius 2 is 1.63 bits per heavy atom. The van der Waals surface area contributed by atoms with E-state index >= 15 is 0 Å². The Labute approximate surface area is 205 Å². The standard InChI is InChI=1S/C25H33N4O5P/c1-25(2)22(29-21-23(26)27-15-28-24(21)32-25)18-9-7-16(8-10-18)17-11-13-20(14-12-17)34-35(30,31)33-19-5-3-4-6-19/h7-10,15,17,19-20H,3-6,11-14H2,1-2H3,(H,30,31)(H2,26,27,28). The van der Waals surface area contributed by atoms with Crippen LogP contribution in [-0.4, -0.2) is 38.4 Å². The van der Waals surface area contributed by atoms with Crippen LogP contribution in [0.4, 0.5) is 11.5 Å². The predicted molar refractivity (Wildman–Crippen MR) is 133 cm³/mol. The van der Waals surface area contributed by atoms with Gasteiger partial charge in [-0.25, -0.2) is 14.5 Å². The third-order valence-electron chi connectivity index (χ3n) is 7.16. The minimum atomic E-state index is -4.01. The van der Waals surface area contributed by atoms with Crippen LogP contribution >= 0.6 is 7.82 Å². The lowest BCUT2D eigenvalue weighted by Gasteiger charge is -2.32. The summed E-state index contributed by atoms with van der Waals surface area (Å²) in [5.41, 5.74) is 8.75. The van der Waals surface area contributed by atoms with Crippen molar-refractivity contribution >= 4 is 25.0 Å². The minimum Gasteiger partial charge on any atom is -0.463 e. The zero-order valence-corrected chi connectivity index (χ0v) is 21.1. The van der Waals surface area contributed by atoms with E-state index in [2.05, 4.69) is 34.2 Å². The number of rotatable bonds is 6. The molecule has 1 atom stereocenters. The highest BCUT2D eigenvalue weighted by molar-refractivity contribution is 7.47. The number of nitrogens with zero attached hydrogens (tertiary/aromatic N) is 3. The van der Waals surface area contributed by atoms with Gasteiger partial charge < -0.3 is 15.4 Å². The normalized spacial score (nSPS) is 25.9. The van der Waals surface area contributed by atoms with Crippen LogP contribution in [0, 0.1) is 0 Å². The van der Waals surface area contributed by atoms with E-state index in [-0.39, 0.29) is 12.2 Å². The van der Waals surface area contributed by atoms with Crippen LogP contribution in [0.2, 0.25) is 0 Å². The van der Waals surface area contributed by atoms with Crippen molar-refractivity contribution in [1.29, 1.82) is 0 Å². The highest BCUT2D eigenvalue weighted by Crippen LogP contribution is 2.50. The molecule has 0 saturated heterocycles. The number of phosphoric ester groups is 1. The van der Waals surface area contributed by atoms with Gasteiger partial charge in [-0.05, 0) is 63.9 Å². The number of anilines is 1. The molecule has 0 radical (unpaired) electrons. The molecule has 0 amide bonds. The molecular formula is C25H33N4O5P. The van der Waals surface area contributed by atoms with E-state index in [0.717, 1.165) is 62.6 Å². The molecule has 2 aliphatic carbocycles. The average Bonchev–Trinajstić information content (AvgIpc) is 3.31. The van der Waals surface area contributed by atoms with E-state index in [1.165, 1.54) is 11.9 Å². The van der Waals surface area contributed by atoms with Gasteiger partial charge in [0, 0.05) is 5.56 Å². The van der Waals surface area contributed by atoms with E-state index in [9.17, 15) is 9.46 Å². The van der Waals surface area contributed by atoms with Crippen molar-refractivity contribution in [2.75, 3.05) is 5.73 Å². The minimum absolute atomic E-state index is 0.151. The van der Waals surface area contributed by atoms with Gasteiger partial charge in [-0.3, -0.25) is 9.05 Å². The summed E-state index contributed by atoms with van der Waals surface area (Å²) in [6, 6.07) is 8.37. The number of fused-ring (bicyclic) bond motifs is 1. The first kappa shape index (κ1) is 24.4. The molecule has 2 fully saturated rings. The van der Waals surface area contributed by atoms with Crippen LogP contribution in [-0.2, 0) is 13.6 Å². The fourth-order valence-corrected chi connectivity index (χ4v) is 6.54. The van der Waals surface area contributed by atoms with Crippen LogP contribution in [0.3, 0.4) is 0 Å². The van der Waals surface area contributed by atoms with Crippen molar-refractivity contribution in [3.63, 3.8) is 0 Å². The van der Waals surface area contributed by atoms with Gasteiger partial charge in [-0.15, -0.1) is 0 Å². The number of ether oxygens (including phenoxy) is 1. The Morgan fingerprint density at radius 3 is 2.29 bits per heavy atom. The quantitative estimate of drug-likeness (QED) is 0.501. The maximum absolute atomic E-state index is 12.4. The SMILES string of the molecule is CC1(C)Oc2ncnc(N)c2N=C1c1ccc(C2CCC(OP(=O)(O)OC3CCCC3)CC2)cc1. The topological polar surface area (TPSA) is 129 Å². The Kier molecular flexibility index (Phi) is 6.70. The van der Waals surface area contributed by atoms with Crippen molar-refractivity contribution < 1.29 is 23.2 Å². The van der Waals surface area contributed by atoms with Gasteiger partial charge in [0.1, 0.15) is 11.9 Å². The first-order chi connectivity index (χ1) is 16.7. The fraction of sp³-hybridized carbons (Fsp3) is 0.560. The number of phosphoric acid groups is 1. The van der Waals surface area contributed by atoms with Crippen molar-refractivity contribution in [3.8, 4) is 5.88 Å². The molecule has 5 rings (SSSR count). The molecule has 35 heavy (non-hydrogen) atoms. The third-order valence-corrected chi connectivity index (χ3v) is 8.29. The molecule has 0 bridgehead atoms. The van der Waals surface area contributed by atoms with E-state index in [1.807, 2.05) is 13.8 Å². The number of aromatic nitrogens is 2. The summed E-state index contributed by atoms with van der Waals surface area (Å²) in [6.07, 6.45) is 7.98. The van der Waals surface area contributed by atoms with Crippen LogP contribution < -0.4 is 10.5 Å². The highest BCUT2D eigenvalue weighted by Gasteiger charge is 2.36. The molecule has 1 aromatic heterocycles. The largest absolute Gasteiger partial charge is 0.472 e. The molecule has 3 N–H and O–H groups in total. The molecule has 2 aromatic rings. The van der Waals surface area contributed by atoms with Gasteiger partial charge >= 0.3 is 7.82 Å². The number of nitrogen functional groups attached to an aromatic ring is 1. The molecule has 10 heteroatoms. The molecule has 1 aromatic carbocycles. The molecule has 2 heterocycles. The summed E-state index contributed by atoms with van der Waals surface area (Å²) < 4.78 is 29.4. The van der Waals surface area contributed by atoms with Gasteiger partial charge in [0.25, 0.3) is 0 Å². The van der Waals surface area contributed by atoms with Crippen LogP contribution in [0.1, 0.15) is 82.3 Å². The Hall–Kier alpha value is -2.32. The van der Waals surface area contributed by atoms with Gasteiger partial charge in [0.05, 0.1) is 17.9 Å². The smallest absolute Gasteiger partial charge is 0.463 e. The Bertz CT molecular complexity index is 1140. The molecule has 2 saturated carbocycles. The second-order valence-electron chi connectivity index (χ2n) is 10.2. The second-order valence-corrected chi connectivity index (χ2v) is 11.5. The number of nitrogens with two attached hydrogens (primary N) is 1. The van der Waals surface area contributed by atoms with Crippen molar-refractivity contribution in [3.05, 3.63) is 41.7 Å². The first-order valence-corrected chi connectivity index (χ1v) is 13.9. The predicted octanol–water partition coefficient (Wildman–Crippen LogP) is 5.45. The van der Waals surface area contributed by atoms with Crippen LogP contribution in [0.5, 0.6) is 5.88 Å². The van der Waals surface area contributed by atoms with Crippen molar-refractivity contribution in [1.82, 2.24) is 9.97 Å². The molecule has 0 spiro atoms. The lowest BCUT2D eigenvalue weighted by atomic mass is 9.82. The van der Waals surface area contributed by atoms with Crippen molar-refractivity contribution in [2.24, 2.45) is 4.99 Å². The molecular weight excluding hydrogens is 467 g/mol. The average molecular weight is 501 g/mol. The van der Waals surface area contributed by atoms with Gasteiger partial charge in [-0.1, -0.05) is 37.1 Å². The summed E-state index contributed by atoms with van der Waals surface area (Å²) in [5, 5.41) is 0. The van der Waals surface area contributed by atoms with E-state index in [0.29, 0.717) is 23.3 Å². The number of benzene rings is 1. The van der Waals surface area contributed by atoms with Gasteiger partial charge in [-0.2, -0.15) is 4.98 Å². The summed E-state index contributed by atoms with van der Waals surface area (Å²) in [7, 11) is -4.01. The van der Waals surface area contributed by atoms with Gasteiger partial charge in [0.15, 0.2) is 11.5 Å². The number of hydrogen-bond acceptors (Lipinski definition) is 8. The summed E-state index contributed by atoms with van der Waals surface area (Å²) in [6.45, 7) is 3.91. The molecule has 188 valence electrons. The molecule has 9 nitrogen and oxygen atoms in total. The summed E-state index contributed by atoms with van der Waals surface area (Å²) in [4.78, 5) is 23.1. The maximum atomic E-state index is 12.4. The molecule has 1 unspecified atom stereocenters.